The molecule has 0 atom stereocenters. The Morgan fingerprint density at radius 3 is 2.47 bits per heavy atom. The van der Waals surface area contributed by atoms with Gasteiger partial charge >= 0.3 is 5.97 Å². The molecule has 0 bridgehead atoms. The summed E-state index contributed by atoms with van der Waals surface area (Å²) in [7, 11) is 0. The molecule has 1 aromatic carbocycles. The third-order valence-corrected chi connectivity index (χ3v) is 4.06. The first-order valence-corrected chi connectivity index (χ1v) is 6.08. The van der Waals surface area contributed by atoms with Crippen molar-refractivity contribution in [2.24, 2.45) is 0 Å². The van der Waals surface area contributed by atoms with Crippen molar-refractivity contribution in [2.75, 3.05) is 0 Å². The number of hydrogen-bond acceptors (Lipinski definition) is 3. The van der Waals surface area contributed by atoms with Crippen LogP contribution < -0.4 is 0 Å². The van der Waals surface area contributed by atoms with Gasteiger partial charge in [0.2, 0.25) is 0 Å². The Kier molecular flexibility index (Phi) is 2.98. The molecule has 2 aromatic rings. The van der Waals surface area contributed by atoms with Crippen LogP contribution in [0.1, 0.15) is 34.1 Å². The first kappa shape index (κ1) is 11.8. The number of benzene rings is 1. The van der Waals surface area contributed by atoms with E-state index in [1.54, 1.807) is 0 Å². The molecule has 0 unspecified atom stereocenters. The summed E-state index contributed by atoms with van der Waals surface area (Å²) in [5.74, 6) is -0.919. The lowest BCUT2D eigenvalue weighted by atomic mass is 9.85. The van der Waals surface area contributed by atoms with Crippen LogP contribution in [-0.4, -0.2) is 16.1 Å². The lowest BCUT2D eigenvalue weighted by molar-refractivity contribution is 0.0702. The van der Waals surface area contributed by atoms with Crippen LogP contribution in [0.5, 0.6) is 0 Å². The minimum absolute atomic E-state index is 0.264. The summed E-state index contributed by atoms with van der Waals surface area (Å²) < 4.78 is 0. The molecule has 0 fully saturated rings. The maximum atomic E-state index is 10.8. The minimum atomic E-state index is -0.919. The number of aromatic carboxylic acids is 1. The summed E-state index contributed by atoms with van der Waals surface area (Å²) in [5, 5.41) is 9.73. The van der Waals surface area contributed by atoms with Gasteiger partial charge in [-0.1, -0.05) is 30.3 Å². The Morgan fingerprint density at radius 2 is 1.94 bits per heavy atom. The molecule has 0 aliphatic carbocycles. The Hall–Kier alpha value is -1.68. The molecule has 0 radical (unpaired) electrons. The lowest BCUT2D eigenvalue weighted by Crippen LogP contribution is -2.18. The minimum Gasteiger partial charge on any atom is -0.477 e. The van der Waals surface area contributed by atoms with Gasteiger partial charge in [0.05, 0.1) is 6.20 Å². The SMILES string of the molecule is CC(C)(c1ccccc1)c1ncc(C(=O)O)s1. The van der Waals surface area contributed by atoms with Crippen molar-refractivity contribution >= 4 is 17.3 Å². The van der Waals surface area contributed by atoms with Crippen LogP contribution in [0.4, 0.5) is 0 Å². The molecule has 1 N–H and O–H groups in total. The molecule has 1 aromatic heterocycles. The third-order valence-electron chi connectivity index (χ3n) is 2.75. The van der Waals surface area contributed by atoms with E-state index < -0.39 is 5.97 Å². The van der Waals surface area contributed by atoms with E-state index in [0.717, 1.165) is 10.6 Å². The summed E-state index contributed by atoms with van der Waals surface area (Å²) >= 11 is 1.23. The van der Waals surface area contributed by atoms with Crippen molar-refractivity contribution in [2.45, 2.75) is 19.3 Å². The van der Waals surface area contributed by atoms with E-state index in [2.05, 4.69) is 4.98 Å². The van der Waals surface area contributed by atoms with Gasteiger partial charge in [0.15, 0.2) is 0 Å². The van der Waals surface area contributed by atoms with Gasteiger partial charge in [0.1, 0.15) is 9.88 Å². The van der Waals surface area contributed by atoms with Gasteiger partial charge in [-0.15, -0.1) is 11.3 Å². The van der Waals surface area contributed by atoms with Gasteiger partial charge in [0.25, 0.3) is 0 Å². The van der Waals surface area contributed by atoms with Crippen molar-refractivity contribution in [3.05, 3.63) is 52.0 Å². The number of rotatable bonds is 3. The molecule has 17 heavy (non-hydrogen) atoms. The van der Waals surface area contributed by atoms with Crippen LogP contribution in [0.3, 0.4) is 0 Å². The quantitative estimate of drug-likeness (QED) is 0.906. The fourth-order valence-corrected chi connectivity index (χ4v) is 2.52. The predicted molar refractivity (Wildman–Crippen MR) is 67.6 cm³/mol. The Balaban J connectivity index is 2.41. The Bertz CT molecular complexity index is 531. The lowest BCUT2D eigenvalue weighted by Gasteiger charge is -2.22. The molecule has 0 aliphatic heterocycles. The first-order valence-electron chi connectivity index (χ1n) is 5.27. The largest absolute Gasteiger partial charge is 0.477 e. The van der Waals surface area contributed by atoms with Gasteiger partial charge in [-0.2, -0.15) is 0 Å². The predicted octanol–water partition coefficient (Wildman–Crippen LogP) is 3.17. The van der Waals surface area contributed by atoms with Crippen LogP contribution in [0, 0.1) is 0 Å². The summed E-state index contributed by atoms with van der Waals surface area (Å²) in [6.07, 6.45) is 1.42. The number of hydrogen-bond donors (Lipinski definition) is 1. The summed E-state index contributed by atoms with van der Waals surface area (Å²) in [6.45, 7) is 4.10. The van der Waals surface area contributed by atoms with Crippen LogP contribution in [0.25, 0.3) is 0 Å². The summed E-state index contributed by atoms with van der Waals surface area (Å²) in [5.41, 5.74) is 0.867. The standard InChI is InChI=1S/C13H13NO2S/c1-13(2,9-6-4-3-5-7-9)12-14-8-10(17-12)11(15)16/h3-8H,1-2H3,(H,15,16). The van der Waals surface area contributed by atoms with Gasteiger partial charge in [0, 0.05) is 5.41 Å². The molecule has 88 valence electrons. The Labute approximate surface area is 104 Å². The van der Waals surface area contributed by atoms with Gasteiger partial charge < -0.3 is 5.11 Å². The average molecular weight is 247 g/mol. The molecule has 1 heterocycles. The number of carbonyl (C=O) groups is 1. The zero-order valence-electron chi connectivity index (χ0n) is 9.68. The fraction of sp³-hybridized carbons (Fsp3) is 0.231. The molecule has 0 aliphatic rings. The Morgan fingerprint density at radius 1 is 1.29 bits per heavy atom. The van der Waals surface area contributed by atoms with E-state index in [1.165, 1.54) is 17.5 Å². The molecule has 4 heteroatoms. The monoisotopic (exact) mass is 247 g/mol. The zero-order chi connectivity index (χ0) is 12.5. The highest BCUT2D eigenvalue weighted by Crippen LogP contribution is 2.33. The van der Waals surface area contributed by atoms with E-state index in [9.17, 15) is 4.79 Å². The maximum absolute atomic E-state index is 10.8. The summed E-state index contributed by atoms with van der Waals surface area (Å²) in [6, 6.07) is 9.97. The number of aromatic nitrogens is 1. The smallest absolute Gasteiger partial charge is 0.347 e. The number of carboxylic acids is 1. The molecule has 0 saturated heterocycles. The van der Waals surface area contributed by atoms with Crippen LogP contribution in [-0.2, 0) is 5.41 Å². The van der Waals surface area contributed by atoms with E-state index >= 15 is 0 Å². The van der Waals surface area contributed by atoms with E-state index in [4.69, 9.17) is 5.11 Å². The van der Waals surface area contributed by atoms with Gasteiger partial charge in [-0.3, -0.25) is 0 Å². The molecule has 0 saturated carbocycles. The second kappa shape index (κ2) is 4.30. The van der Waals surface area contributed by atoms with Crippen molar-refractivity contribution in [1.82, 2.24) is 4.98 Å². The van der Waals surface area contributed by atoms with Crippen LogP contribution in [0.2, 0.25) is 0 Å². The van der Waals surface area contributed by atoms with E-state index in [1.807, 2.05) is 44.2 Å². The highest BCUT2D eigenvalue weighted by atomic mass is 32.1. The van der Waals surface area contributed by atoms with Gasteiger partial charge in [-0.05, 0) is 19.4 Å². The average Bonchev–Trinajstić information content (AvgIpc) is 2.80. The first-order chi connectivity index (χ1) is 8.01. The van der Waals surface area contributed by atoms with E-state index in [-0.39, 0.29) is 10.3 Å². The van der Waals surface area contributed by atoms with Gasteiger partial charge in [-0.25, -0.2) is 9.78 Å². The van der Waals surface area contributed by atoms with Crippen molar-refractivity contribution in [3.63, 3.8) is 0 Å². The second-order valence-electron chi connectivity index (χ2n) is 4.33. The summed E-state index contributed by atoms with van der Waals surface area (Å²) in [4.78, 5) is 15.4. The molecular weight excluding hydrogens is 234 g/mol. The fourth-order valence-electron chi connectivity index (χ4n) is 1.64. The number of nitrogens with zero attached hydrogens (tertiary/aromatic N) is 1. The molecule has 0 spiro atoms. The zero-order valence-corrected chi connectivity index (χ0v) is 10.5. The van der Waals surface area contributed by atoms with Crippen LogP contribution in [0.15, 0.2) is 36.5 Å². The highest BCUT2D eigenvalue weighted by Gasteiger charge is 2.27. The highest BCUT2D eigenvalue weighted by molar-refractivity contribution is 7.13. The maximum Gasteiger partial charge on any atom is 0.347 e. The molecular formula is C13H13NO2S. The number of thiazole rings is 1. The topological polar surface area (TPSA) is 50.2 Å². The molecule has 0 amide bonds. The third kappa shape index (κ3) is 2.22. The number of carboxylic acid groups (broad SMARTS) is 1. The normalized spacial score (nSPS) is 11.4. The van der Waals surface area contributed by atoms with Crippen molar-refractivity contribution < 1.29 is 9.90 Å². The van der Waals surface area contributed by atoms with E-state index in [0.29, 0.717) is 0 Å². The second-order valence-corrected chi connectivity index (χ2v) is 5.36. The van der Waals surface area contributed by atoms with Crippen molar-refractivity contribution in [3.8, 4) is 0 Å². The van der Waals surface area contributed by atoms with Crippen molar-refractivity contribution in [1.29, 1.82) is 0 Å². The molecule has 2 rings (SSSR count). The van der Waals surface area contributed by atoms with Crippen LogP contribution >= 0.6 is 11.3 Å². The molecule has 3 nitrogen and oxygen atoms in total.